The summed E-state index contributed by atoms with van der Waals surface area (Å²) in [5.41, 5.74) is 0.389. The number of esters is 1. The first-order valence-corrected chi connectivity index (χ1v) is 6.30. The minimum absolute atomic E-state index is 0.304. The van der Waals surface area contributed by atoms with E-state index in [1.165, 1.54) is 6.92 Å². The quantitative estimate of drug-likeness (QED) is 0.796. The maximum absolute atomic E-state index is 11.8. The molecule has 1 aromatic rings. The topological polar surface area (TPSA) is 64.6 Å². The van der Waals surface area contributed by atoms with Crippen LogP contribution in [0.25, 0.3) is 0 Å². The SMILES string of the molecule is CCNC(=O)[C@H](C)OC(=O)c1ccc(OCC)cc1. The van der Waals surface area contributed by atoms with Gasteiger partial charge >= 0.3 is 5.97 Å². The van der Waals surface area contributed by atoms with E-state index in [2.05, 4.69) is 5.32 Å². The molecule has 0 saturated heterocycles. The summed E-state index contributed by atoms with van der Waals surface area (Å²) in [6.45, 7) is 6.30. The van der Waals surface area contributed by atoms with E-state index in [0.717, 1.165) is 0 Å². The van der Waals surface area contributed by atoms with Crippen LogP contribution in [0.2, 0.25) is 0 Å². The van der Waals surface area contributed by atoms with Crippen LogP contribution in [0.15, 0.2) is 24.3 Å². The highest BCUT2D eigenvalue weighted by Gasteiger charge is 2.17. The smallest absolute Gasteiger partial charge is 0.338 e. The van der Waals surface area contributed by atoms with E-state index in [9.17, 15) is 9.59 Å². The predicted octanol–water partition coefficient (Wildman–Crippen LogP) is 1.77. The molecule has 0 saturated carbocycles. The van der Waals surface area contributed by atoms with Gasteiger partial charge in [0.1, 0.15) is 5.75 Å². The molecule has 104 valence electrons. The third-order valence-electron chi connectivity index (χ3n) is 2.41. The zero-order chi connectivity index (χ0) is 14.3. The summed E-state index contributed by atoms with van der Waals surface area (Å²) in [7, 11) is 0. The average Bonchev–Trinajstić information content (AvgIpc) is 2.40. The molecule has 0 bridgehead atoms. The first kappa shape index (κ1) is 15.0. The zero-order valence-corrected chi connectivity index (χ0v) is 11.4. The number of nitrogens with one attached hydrogen (secondary N) is 1. The minimum atomic E-state index is -0.806. The lowest BCUT2D eigenvalue weighted by Crippen LogP contribution is -2.35. The molecule has 0 aromatic heterocycles. The van der Waals surface area contributed by atoms with E-state index in [1.807, 2.05) is 6.92 Å². The van der Waals surface area contributed by atoms with Gasteiger partial charge in [-0.1, -0.05) is 0 Å². The van der Waals surface area contributed by atoms with Crippen LogP contribution in [-0.4, -0.2) is 31.1 Å². The molecule has 5 nitrogen and oxygen atoms in total. The lowest BCUT2D eigenvalue weighted by atomic mass is 10.2. The van der Waals surface area contributed by atoms with E-state index in [0.29, 0.717) is 24.5 Å². The van der Waals surface area contributed by atoms with Crippen molar-refractivity contribution in [1.82, 2.24) is 5.32 Å². The monoisotopic (exact) mass is 265 g/mol. The van der Waals surface area contributed by atoms with Crippen LogP contribution in [0.1, 0.15) is 31.1 Å². The van der Waals surface area contributed by atoms with E-state index in [1.54, 1.807) is 31.2 Å². The van der Waals surface area contributed by atoms with Crippen LogP contribution < -0.4 is 10.1 Å². The molecule has 1 aromatic carbocycles. The van der Waals surface area contributed by atoms with Crippen molar-refractivity contribution in [2.45, 2.75) is 26.9 Å². The van der Waals surface area contributed by atoms with Gasteiger partial charge in [0.05, 0.1) is 12.2 Å². The second kappa shape index (κ2) is 7.41. The fourth-order valence-electron chi connectivity index (χ4n) is 1.45. The number of likely N-dealkylation sites (N-methyl/N-ethyl adjacent to an activating group) is 1. The summed E-state index contributed by atoms with van der Waals surface area (Å²) < 4.78 is 10.3. The second-order valence-corrected chi connectivity index (χ2v) is 3.90. The molecule has 0 aliphatic carbocycles. The summed E-state index contributed by atoms with van der Waals surface area (Å²) >= 11 is 0. The van der Waals surface area contributed by atoms with Gasteiger partial charge in [0.15, 0.2) is 6.10 Å². The van der Waals surface area contributed by atoms with Crippen LogP contribution in [0.3, 0.4) is 0 Å². The Balaban J connectivity index is 2.60. The van der Waals surface area contributed by atoms with Crippen LogP contribution in [-0.2, 0) is 9.53 Å². The second-order valence-electron chi connectivity index (χ2n) is 3.90. The van der Waals surface area contributed by atoms with Gasteiger partial charge in [-0.15, -0.1) is 0 Å². The number of carbonyl (C=O) groups excluding carboxylic acids is 2. The maximum atomic E-state index is 11.8. The highest BCUT2D eigenvalue weighted by atomic mass is 16.5. The zero-order valence-electron chi connectivity index (χ0n) is 11.4. The lowest BCUT2D eigenvalue weighted by Gasteiger charge is -2.12. The largest absolute Gasteiger partial charge is 0.494 e. The van der Waals surface area contributed by atoms with Gasteiger partial charge in [-0.2, -0.15) is 0 Å². The third kappa shape index (κ3) is 4.62. The molecule has 0 unspecified atom stereocenters. The molecule has 0 aliphatic heterocycles. The number of hydrogen-bond donors (Lipinski definition) is 1. The van der Waals surface area contributed by atoms with Crippen LogP contribution >= 0.6 is 0 Å². The van der Waals surface area contributed by atoms with Crippen molar-refractivity contribution in [1.29, 1.82) is 0 Å². The molecular formula is C14H19NO4. The molecule has 1 atom stereocenters. The highest BCUT2D eigenvalue weighted by molar-refractivity contribution is 5.92. The number of rotatable bonds is 6. The molecule has 0 spiro atoms. The summed E-state index contributed by atoms with van der Waals surface area (Å²) in [4.78, 5) is 23.2. The van der Waals surface area contributed by atoms with Gasteiger partial charge in [-0.05, 0) is 45.0 Å². The van der Waals surface area contributed by atoms with E-state index in [4.69, 9.17) is 9.47 Å². The van der Waals surface area contributed by atoms with Crippen molar-refractivity contribution in [2.75, 3.05) is 13.2 Å². The van der Waals surface area contributed by atoms with Gasteiger partial charge in [0.25, 0.3) is 5.91 Å². The number of amides is 1. The lowest BCUT2D eigenvalue weighted by molar-refractivity contribution is -0.128. The highest BCUT2D eigenvalue weighted by Crippen LogP contribution is 2.13. The molecule has 0 radical (unpaired) electrons. The molecule has 5 heteroatoms. The Morgan fingerprint density at radius 2 is 1.84 bits per heavy atom. The van der Waals surface area contributed by atoms with Gasteiger partial charge in [0, 0.05) is 6.54 Å². The number of carbonyl (C=O) groups is 2. The predicted molar refractivity (Wildman–Crippen MR) is 71.2 cm³/mol. The third-order valence-corrected chi connectivity index (χ3v) is 2.41. The van der Waals surface area contributed by atoms with Crippen molar-refractivity contribution in [2.24, 2.45) is 0 Å². The first-order chi connectivity index (χ1) is 9.08. The van der Waals surface area contributed by atoms with Crippen molar-refractivity contribution in [3.8, 4) is 5.75 Å². The van der Waals surface area contributed by atoms with Crippen molar-refractivity contribution in [3.05, 3.63) is 29.8 Å². The molecule has 0 fully saturated rings. The minimum Gasteiger partial charge on any atom is -0.494 e. The Hall–Kier alpha value is -2.04. The Bertz CT molecular complexity index is 428. The van der Waals surface area contributed by atoms with E-state index >= 15 is 0 Å². The van der Waals surface area contributed by atoms with Gasteiger partial charge < -0.3 is 14.8 Å². The van der Waals surface area contributed by atoms with Crippen LogP contribution in [0.4, 0.5) is 0 Å². The summed E-state index contributed by atoms with van der Waals surface area (Å²) in [5.74, 6) is -0.139. The Labute approximate surface area is 112 Å². The Morgan fingerprint density at radius 3 is 2.37 bits per heavy atom. The Morgan fingerprint density at radius 1 is 1.21 bits per heavy atom. The first-order valence-electron chi connectivity index (χ1n) is 6.30. The summed E-state index contributed by atoms with van der Waals surface area (Å²) in [5, 5.41) is 2.59. The molecule has 1 rings (SSSR count). The standard InChI is InChI=1S/C14H19NO4/c1-4-15-13(16)10(3)19-14(17)11-6-8-12(9-7-11)18-5-2/h6-10H,4-5H2,1-3H3,(H,15,16)/t10-/m0/s1. The fraction of sp³-hybridized carbons (Fsp3) is 0.429. The van der Waals surface area contributed by atoms with Gasteiger partial charge in [0.2, 0.25) is 0 Å². The molecular weight excluding hydrogens is 246 g/mol. The van der Waals surface area contributed by atoms with Gasteiger partial charge in [-0.3, -0.25) is 4.79 Å². The molecule has 0 aliphatic rings. The normalized spacial score (nSPS) is 11.5. The molecule has 1 amide bonds. The van der Waals surface area contributed by atoms with Crippen molar-refractivity contribution in [3.63, 3.8) is 0 Å². The van der Waals surface area contributed by atoms with Crippen molar-refractivity contribution >= 4 is 11.9 Å². The molecule has 19 heavy (non-hydrogen) atoms. The average molecular weight is 265 g/mol. The summed E-state index contributed by atoms with van der Waals surface area (Å²) in [6, 6.07) is 6.60. The molecule has 1 N–H and O–H groups in total. The number of hydrogen-bond acceptors (Lipinski definition) is 4. The number of benzene rings is 1. The van der Waals surface area contributed by atoms with Crippen molar-refractivity contribution < 1.29 is 19.1 Å². The maximum Gasteiger partial charge on any atom is 0.338 e. The number of ether oxygens (including phenoxy) is 2. The van der Waals surface area contributed by atoms with Gasteiger partial charge in [-0.25, -0.2) is 4.79 Å². The van der Waals surface area contributed by atoms with Crippen LogP contribution in [0.5, 0.6) is 5.75 Å². The summed E-state index contributed by atoms with van der Waals surface area (Å²) in [6.07, 6.45) is -0.806. The van der Waals surface area contributed by atoms with E-state index < -0.39 is 12.1 Å². The van der Waals surface area contributed by atoms with Crippen LogP contribution in [0, 0.1) is 0 Å². The van der Waals surface area contributed by atoms with E-state index in [-0.39, 0.29) is 5.91 Å². The Kier molecular flexibility index (Phi) is 5.85. The fourth-order valence-corrected chi connectivity index (χ4v) is 1.45. The molecule has 0 heterocycles.